The molecule has 0 saturated carbocycles. The highest BCUT2D eigenvalue weighted by Crippen LogP contribution is 2.30. The van der Waals surface area contributed by atoms with Crippen LogP contribution in [-0.2, 0) is 17.8 Å². The number of halogens is 1. The summed E-state index contributed by atoms with van der Waals surface area (Å²) >= 11 is 0. The fourth-order valence-corrected chi connectivity index (χ4v) is 6.43. The summed E-state index contributed by atoms with van der Waals surface area (Å²) in [6.45, 7) is 9.68. The van der Waals surface area contributed by atoms with Crippen molar-refractivity contribution in [3.8, 4) is 6.19 Å². The molecule has 0 aromatic heterocycles. The van der Waals surface area contributed by atoms with Gasteiger partial charge in [0.15, 0.2) is 6.19 Å². The van der Waals surface area contributed by atoms with Crippen LogP contribution in [0.5, 0.6) is 0 Å². The smallest absolute Gasteiger partial charge is 0.321 e. The van der Waals surface area contributed by atoms with E-state index >= 15 is 0 Å². The largest absolute Gasteiger partial charge is 0.338 e. The van der Waals surface area contributed by atoms with E-state index in [1.165, 1.54) is 31.4 Å². The maximum atomic E-state index is 13.6. The zero-order chi connectivity index (χ0) is 31.1. The second-order valence-corrected chi connectivity index (χ2v) is 12.2. The highest BCUT2D eigenvalue weighted by Gasteiger charge is 2.34. The third kappa shape index (κ3) is 7.66. The third-order valence-electron chi connectivity index (χ3n) is 8.90. The van der Waals surface area contributed by atoms with E-state index in [9.17, 15) is 19.2 Å². The molecule has 3 aliphatic heterocycles. The van der Waals surface area contributed by atoms with Gasteiger partial charge in [-0.25, -0.2) is 14.2 Å². The van der Waals surface area contributed by atoms with Crippen molar-refractivity contribution < 1.29 is 14.0 Å². The van der Waals surface area contributed by atoms with Gasteiger partial charge in [-0.1, -0.05) is 38.5 Å². The number of piperazine rings is 1. The van der Waals surface area contributed by atoms with Crippen molar-refractivity contribution in [2.75, 3.05) is 51.1 Å². The van der Waals surface area contributed by atoms with Gasteiger partial charge >= 0.3 is 6.03 Å². The average Bonchev–Trinajstić information content (AvgIpc) is 3.03. The Balaban J connectivity index is 1.28. The Morgan fingerprint density at radius 1 is 1.05 bits per heavy atom. The van der Waals surface area contributed by atoms with Gasteiger partial charge in [0.2, 0.25) is 11.9 Å². The first-order valence-electron chi connectivity index (χ1n) is 15.7. The van der Waals surface area contributed by atoms with Crippen LogP contribution in [0.15, 0.2) is 47.5 Å². The molecule has 10 nitrogen and oxygen atoms in total. The molecule has 0 radical (unpaired) electrons. The van der Waals surface area contributed by atoms with E-state index in [0.29, 0.717) is 57.2 Å². The number of nitrogens with zero attached hydrogens (tertiary/aromatic N) is 6. The van der Waals surface area contributed by atoms with Crippen molar-refractivity contribution in [3.63, 3.8) is 0 Å². The Hall–Kier alpha value is -4.17. The van der Waals surface area contributed by atoms with Crippen LogP contribution in [-0.4, -0.2) is 89.4 Å². The van der Waals surface area contributed by atoms with E-state index in [0.717, 1.165) is 36.4 Å². The first-order chi connectivity index (χ1) is 21.3. The number of carbonyl (C=O) groups is 2. The first kappa shape index (κ1) is 31.3. The first-order valence-corrected chi connectivity index (χ1v) is 15.7. The number of amides is 3. The fraction of sp³-hybridized carbons (Fsp3) is 0.515. The Labute approximate surface area is 259 Å². The lowest BCUT2D eigenvalue weighted by Crippen LogP contribution is -2.60. The molecular weight excluding hydrogens is 559 g/mol. The van der Waals surface area contributed by atoms with Gasteiger partial charge in [0, 0.05) is 51.4 Å². The predicted octanol–water partition coefficient (Wildman–Crippen LogP) is 4.52. The molecule has 3 heterocycles. The Bertz CT molecular complexity index is 1400. The number of likely N-dealkylation sites (tertiary alicyclic amines) is 1. The van der Waals surface area contributed by atoms with E-state index < -0.39 is 5.82 Å². The lowest BCUT2D eigenvalue weighted by atomic mass is 9.97. The molecular formula is C33H43FN8O2. The number of nitriles is 1. The van der Waals surface area contributed by atoms with E-state index in [2.05, 4.69) is 46.5 Å². The van der Waals surface area contributed by atoms with Crippen LogP contribution in [0.1, 0.15) is 50.7 Å². The number of fused-ring (bicyclic) bond motifs is 1. The summed E-state index contributed by atoms with van der Waals surface area (Å²) in [5.41, 5.74) is 3.37. The minimum absolute atomic E-state index is 0.103. The van der Waals surface area contributed by atoms with Crippen LogP contribution in [0.4, 0.5) is 20.6 Å². The number of carbonyl (C=O) groups excluding carboxylic acids is 2. The van der Waals surface area contributed by atoms with Gasteiger partial charge in [-0.05, 0) is 73.7 Å². The lowest BCUT2D eigenvalue weighted by Gasteiger charge is -2.44. The summed E-state index contributed by atoms with van der Waals surface area (Å²) < 4.78 is 13.6. The molecule has 2 fully saturated rings. The topological polar surface area (TPSA) is 107 Å². The number of hydrogen-bond donors (Lipinski definition) is 2. The van der Waals surface area contributed by atoms with E-state index in [-0.39, 0.29) is 23.9 Å². The molecule has 2 aromatic carbocycles. The minimum Gasteiger partial charge on any atom is -0.338 e. The molecule has 44 heavy (non-hydrogen) atoms. The normalized spacial score (nSPS) is 19.4. The quantitative estimate of drug-likeness (QED) is 0.218. The molecule has 5 rings (SSSR count). The second kappa shape index (κ2) is 14.5. The Morgan fingerprint density at radius 3 is 2.59 bits per heavy atom. The molecule has 3 amide bonds. The van der Waals surface area contributed by atoms with Gasteiger partial charge in [-0.2, -0.15) is 5.26 Å². The van der Waals surface area contributed by atoms with Crippen molar-refractivity contribution in [1.82, 2.24) is 24.9 Å². The molecule has 0 spiro atoms. The van der Waals surface area contributed by atoms with Crippen molar-refractivity contribution >= 4 is 29.3 Å². The number of piperidine rings is 1. The molecule has 1 unspecified atom stereocenters. The summed E-state index contributed by atoms with van der Waals surface area (Å²) in [6.07, 6.45) is 7.02. The standard InChI is InChI=1S/C33H43FN8O2/c1-24(2)30-22-41(33(44)37-27-10-7-9-26(34)20-27)18-19-42(30)32(36-23-35)38-29-11-6-8-25-21-40(17-12-28(25)29)31(43)13-16-39-14-4-3-5-15-39/h6-11,20,24,30H,3-5,12-19,21-22H2,1-2H3,(H,36,38)(H,37,44). The number of hydrogen-bond acceptors (Lipinski definition) is 5. The zero-order valence-corrected chi connectivity index (χ0v) is 25.8. The summed E-state index contributed by atoms with van der Waals surface area (Å²) in [6, 6.07) is 11.4. The number of urea groups is 1. The second-order valence-electron chi connectivity index (χ2n) is 12.2. The SMILES string of the molecule is CC(C)C1CN(C(=O)Nc2cccc(F)c2)CCN1C(=Nc1cccc2c1CCN(C(=O)CCN1CCCCC1)C2)NC#N. The van der Waals surface area contributed by atoms with Gasteiger partial charge in [0.1, 0.15) is 5.82 Å². The van der Waals surface area contributed by atoms with Crippen molar-refractivity contribution in [2.45, 2.75) is 58.5 Å². The number of nitrogens with one attached hydrogen (secondary N) is 2. The van der Waals surface area contributed by atoms with Crippen LogP contribution >= 0.6 is 0 Å². The Kier molecular flexibility index (Phi) is 10.3. The van der Waals surface area contributed by atoms with Crippen LogP contribution in [0.2, 0.25) is 0 Å². The highest BCUT2D eigenvalue weighted by molar-refractivity contribution is 5.90. The van der Waals surface area contributed by atoms with Gasteiger partial charge in [0.25, 0.3) is 0 Å². The van der Waals surface area contributed by atoms with Crippen LogP contribution < -0.4 is 10.6 Å². The van der Waals surface area contributed by atoms with E-state index in [4.69, 9.17) is 4.99 Å². The summed E-state index contributed by atoms with van der Waals surface area (Å²) in [5.74, 6) is 0.386. The zero-order valence-electron chi connectivity index (χ0n) is 25.8. The van der Waals surface area contributed by atoms with E-state index in [1.807, 2.05) is 17.0 Å². The highest BCUT2D eigenvalue weighted by atomic mass is 19.1. The van der Waals surface area contributed by atoms with Crippen molar-refractivity contribution in [1.29, 1.82) is 5.26 Å². The maximum Gasteiger partial charge on any atom is 0.321 e. The predicted molar refractivity (Wildman–Crippen MR) is 169 cm³/mol. The average molecular weight is 603 g/mol. The van der Waals surface area contributed by atoms with Gasteiger partial charge in [-0.15, -0.1) is 0 Å². The molecule has 2 saturated heterocycles. The molecule has 1 atom stereocenters. The summed E-state index contributed by atoms with van der Waals surface area (Å²) in [7, 11) is 0. The van der Waals surface area contributed by atoms with E-state index in [1.54, 1.807) is 17.0 Å². The number of benzene rings is 2. The van der Waals surface area contributed by atoms with Gasteiger partial charge < -0.3 is 24.9 Å². The number of rotatable bonds is 6. The van der Waals surface area contributed by atoms with Crippen LogP contribution in [0.3, 0.4) is 0 Å². The van der Waals surface area contributed by atoms with Crippen LogP contribution in [0.25, 0.3) is 0 Å². The molecule has 3 aliphatic rings. The fourth-order valence-electron chi connectivity index (χ4n) is 6.43. The lowest BCUT2D eigenvalue weighted by molar-refractivity contribution is -0.132. The number of anilines is 1. The summed E-state index contributed by atoms with van der Waals surface area (Å²) in [5, 5.41) is 15.3. The molecule has 11 heteroatoms. The Morgan fingerprint density at radius 2 is 1.84 bits per heavy atom. The molecule has 2 N–H and O–H groups in total. The maximum absolute atomic E-state index is 13.6. The molecule has 2 aromatic rings. The number of guanidine groups is 1. The molecule has 234 valence electrons. The minimum atomic E-state index is -0.411. The molecule has 0 aliphatic carbocycles. The van der Waals surface area contributed by atoms with Gasteiger partial charge in [0.05, 0.1) is 11.7 Å². The van der Waals surface area contributed by atoms with Crippen molar-refractivity contribution in [2.24, 2.45) is 10.9 Å². The molecule has 0 bridgehead atoms. The van der Waals surface area contributed by atoms with Crippen molar-refractivity contribution in [3.05, 3.63) is 59.4 Å². The van der Waals surface area contributed by atoms with Crippen LogP contribution in [0, 0.1) is 23.2 Å². The summed E-state index contributed by atoms with van der Waals surface area (Å²) in [4.78, 5) is 39.2. The number of aliphatic imine (C=N–C) groups is 1. The monoisotopic (exact) mass is 602 g/mol. The van der Waals surface area contributed by atoms with Gasteiger partial charge in [-0.3, -0.25) is 10.1 Å². The third-order valence-corrected chi connectivity index (χ3v) is 8.90.